The summed E-state index contributed by atoms with van der Waals surface area (Å²) in [7, 11) is 0. The van der Waals surface area contributed by atoms with Gasteiger partial charge in [-0.25, -0.2) is 4.98 Å². The van der Waals surface area contributed by atoms with Gasteiger partial charge in [0.25, 0.3) is 5.91 Å². The van der Waals surface area contributed by atoms with Gasteiger partial charge in [0.1, 0.15) is 5.69 Å². The normalized spacial score (nSPS) is 18.7. The second-order valence-electron chi connectivity index (χ2n) is 4.94. The van der Waals surface area contributed by atoms with Gasteiger partial charge in [0.2, 0.25) is 0 Å². The van der Waals surface area contributed by atoms with Crippen molar-refractivity contribution in [3.63, 3.8) is 0 Å². The Balaban J connectivity index is 2.03. The van der Waals surface area contributed by atoms with E-state index in [1.807, 2.05) is 6.07 Å². The summed E-state index contributed by atoms with van der Waals surface area (Å²) in [6.07, 6.45) is 7.46. The summed E-state index contributed by atoms with van der Waals surface area (Å²) < 4.78 is 0.887. The zero-order valence-electron chi connectivity index (χ0n) is 10.0. The maximum Gasteiger partial charge on any atom is 0.270 e. The molecular formula is C13H17BrN2O. The zero-order valence-corrected chi connectivity index (χ0v) is 11.6. The minimum absolute atomic E-state index is 0.0515. The second-order valence-corrected chi connectivity index (χ2v) is 5.85. The monoisotopic (exact) mass is 296 g/mol. The summed E-state index contributed by atoms with van der Waals surface area (Å²) in [6, 6.07) is 3.58. The van der Waals surface area contributed by atoms with E-state index in [-0.39, 0.29) is 11.4 Å². The van der Waals surface area contributed by atoms with Crippen LogP contribution in [0.4, 0.5) is 0 Å². The van der Waals surface area contributed by atoms with Crippen molar-refractivity contribution in [1.29, 1.82) is 0 Å². The first-order chi connectivity index (χ1) is 8.09. The summed E-state index contributed by atoms with van der Waals surface area (Å²) >= 11 is 3.31. The second kappa shape index (κ2) is 5.17. The molecule has 0 atom stereocenters. The third kappa shape index (κ3) is 3.28. The Labute approximate surface area is 110 Å². The predicted molar refractivity (Wildman–Crippen MR) is 70.9 cm³/mol. The molecule has 2 rings (SSSR count). The summed E-state index contributed by atoms with van der Waals surface area (Å²) in [4.78, 5) is 16.2. The molecule has 0 radical (unpaired) electrons. The lowest BCUT2D eigenvalue weighted by molar-refractivity contribution is 0.0877. The Hall–Kier alpha value is -0.900. The fraction of sp³-hybridized carbons (Fsp3) is 0.538. The van der Waals surface area contributed by atoms with Crippen molar-refractivity contribution in [2.45, 2.75) is 44.6 Å². The highest BCUT2D eigenvalue weighted by atomic mass is 79.9. The molecule has 0 bridgehead atoms. The highest BCUT2D eigenvalue weighted by Crippen LogP contribution is 2.27. The Morgan fingerprint density at radius 3 is 2.65 bits per heavy atom. The third-order valence-corrected chi connectivity index (χ3v) is 3.80. The van der Waals surface area contributed by atoms with E-state index >= 15 is 0 Å². The van der Waals surface area contributed by atoms with Crippen LogP contribution in [0.3, 0.4) is 0 Å². The summed E-state index contributed by atoms with van der Waals surface area (Å²) in [5, 5.41) is 3.11. The highest BCUT2D eigenvalue weighted by Gasteiger charge is 2.28. The van der Waals surface area contributed by atoms with Gasteiger partial charge in [0.15, 0.2) is 0 Å². The maximum atomic E-state index is 12.0. The average Bonchev–Trinajstić information content (AvgIpc) is 2.30. The lowest BCUT2D eigenvalue weighted by Gasteiger charge is -2.34. The van der Waals surface area contributed by atoms with Gasteiger partial charge in [-0.2, -0.15) is 0 Å². The first-order valence-electron chi connectivity index (χ1n) is 6.03. The third-order valence-electron chi connectivity index (χ3n) is 3.33. The number of amides is 1. The first-order valence-corrected chi connectivity index (χ1v) is 6.82. The molecule has 92 valence electrons. The lowest BCUT2D eigenvalue weighted by atomic mass is 9.83. The zero-order chi connectivity index (χ0) is 12.3. The molecule has 1 aliphatic carbocycles. The predicted octanol–water partition coefficient (Wildman–Crippen LogP) is 3.30. The van der Waals surface area contributed by atoms with Crippen LogP contribution in [0.1, 0.15) is 49.5 Å². The van der Waals surface area contributed by atoms with E-state index < -0.39 is 0 Å². The van der Waals surface area contributed by atoms with Crippen molar-refractivity contribution >= 4 is 21.8 Å². The van der Waals surface area contributed by atoms with E-state index in [0.717, 1.165) is 17.3 Å². The molecule has 0 spiro atoms. The number of aromatic nitrogens is 1. The molecule has 1 aliphatic rings. The number of halogens is 1. The number of rotatable bonds is 2. The van der Waals surface area contributed by atoms with Crippen molar-refractivity contribution in [2.24, 2.45) is 0 Å². The van der Waals surface area contributed by atoms with Crippen molar-refractivity contribution in [3.05, 3.63) is 28.5 Å². The molecule has 1 N–H and O–H groups in total. The number of carbonyl (C=O) groups excluding carboxylic acids is 1. The van der Waals surface area contributed by atoms with E-state index in [0.29, 0.717) is 5.69 Å². The lowest BCUT2D eigenvalue weighted by Crippen LogP contribution is -2.47. The van der Waals surface area contributed by atoms with E-state index in [4.69, 9.17) is 0 Å². The van der Waals surface area contributed by atoms with Gasteiger partial charge >= 0.3 is 0 Å². The molecule has 0 aliphatic heterocycles. The number of nitrogens with zero attached hydrogens (tertiary/aromatic N) is 1. The maximum absolute atomic E-state index is 12.0. The molecule has 1 amide bonds. The Bertz CT molecular complexity index is 396. The fourth-order valence-corrected chi connectivity index (χ4v) is 2.54. The number of nitrogens with one attached hydrogen (secondary N) is 1. The van der Waals surface area contributed by atoms with E-state index in [1.54, 1.807) is 12.3 Å². The summed E-state index contributed by atoms with van der Waals surface area (Å²) in [5.74, 6) is -0.0677. The van der Waals surface area contributed by atoms with Crippen LogP contribution in [0, 0.1) is 0 Å². The highest BCUT2D eigenvalue weighted by molar-refractivity contribution is 9.10. The molecular weight excluding hydrogens is 280 g/mol. The van der Waals surface area contributed by atoms with Crippen LogP contribution < -0.4 is 5.32 Å². The van der Waals surface area contributed by atoms with Crippen LogP contribution in [0.15, 0.2) is 22.8 Å². The molecule has 17 heavy (non-hydrogen) atoms. The number of pyridine rings is 1. The van der Waals surface area contributed by atoms with Crippen LogP contribution in [-0.2, 0) is 0 Å². The first kappa shape index (κ1) is 12.6. The van der Waals surface area contributed by atoms with Crippen LogP contribution >= 0.6 is 15.9 Å². The van der Waals surface area contributed by atoms with E-state index in [1.165, 1.54) is 19.3 Å². The Morgan fingerprint density at radius 2 is 2.06 bits per heavy atom. The van der Waals surface area contributed by atoms with Gasteiger partial charge in [-0.05, 0) is 47.8 Å². The smallest absolute Gasteiger partial charge is 0.270 e. The number of hydrogen-bond donors (Lipinski definition) is 1. The van der Waals surface area contributed by atoms with Crippen molar-refractivity contribution in [2.75, 3.05) is 0 Å². The minimum Gasteiger partial charge on any atom is -0.346 e. The molecule has 0 aromatic carbocycles. The molecule has 4 heteroatoms. The quantitative estimate of drug-likeness (QED) is 0.910. The molecule has 3 nitrogen and oxygen atoms in total. The Morgan fingerprint density at radius 1 is 1.35 bits per heavy atom. The molecule has 1 aromatic heterocycles. The van der Waals surface area contributed by atoms with Crippen LogP contribution in [0.5, 0.6) is 0 Å². The topological polar surface area (TPSA) is 42.0 Å². The van der Waals surface area contributed by atoms with Gasteiger partial charge in [-0.3, -0.25) is 4.79 Å². The van der Waals surface area contributed by atoms with Crippen molar-refractivity contribution in [3.8, 4) is 0 Å². The SMILES string of the molecule is CC1(NC(=O)c2ccc(Br)cn2)CCCCC1. The van der Waals surface area contributed by atoms with Crippen molar-refractivity contribution in [1.82, 2.24) is 10.3 Å². The molecule has 0 unspecified atom stereocenters. The van der Waals surface area contributed by atoms with Gasteiger partial charge < -0.3 is 5.32 Å². The van der Waals surface area contributed by atoms with Crippen molar-refractivity contribution < 1.29 is 4.79 Å². The van der Waals surface area contributed by atoms with Crippen LogP contribution in [0.25, 0.3) is 0 Å². The summed E-state index contributed by atoms with van der Waals surface area (Å²) in [6.45, 7) is 2.13. The largest absolute Gasteiger partial charge is 0.346 e. The van der Waals surface area contributed by atoms with Crippen LogP contribution in [-0.4, -0.2) is 16.4 Å². The molecule has 0 saturated heterocycles. The molecule has 1 saturated carbocycles. The van der Waals surface area contributed by atoms with Gasteiger partial charge in [0.05, 0.1) is 0 Å². The van der Waals surface area contributed by atoms with E-state index in [2.05, 4.69) is 33.2 Å². The fourth-order valence-electron chi connectivity index (χ4n) is 2.31. The molecule has 1 aromatic rings. The summed E-state index contributed by atoms with van der Waals surface area (Å²) in [5.41, 5.74) is 0.435. The van der Waals surface area contributed by atoms with Gasteiger partial charge in [0, 0.05) is 16.2 Å². The number of carbonyl (C=O) groups is 1. The molecule has 1 heterocycles. The number of hydrogen-bond acceptors (Lipinski definition) is 2. The van der Waals surface area contributed by atoms with Crippen LogP contribution in [0.2, 0.25) is 0 Å². The van der Waals surface area contributed by atoms with Gasteiger partial charge in [-0.1, -0.05) is 19.3 Å². The Kier molecular flexibility index (Phi) is 3.82. The van der Waals surface area contributed by atoms with E-state index in [9.17, 15) is 4.79 Å². The standard InChI is InChI=1S/C13H17BrN2O/c1-13(7-3-2-4-8-13)16-12(17)11-6-5-10(14)9-15-11/h5-6,9H,2-4,7-8H2,1H3,(H,16,17). The van der Waals surface area contributed by atoms with Gasteiger partial charge in [-0.15, -0.1) is 0 Å². The molecule has 1 fully saturated rings. The average molecular weight is 297 g/mol. The minimum atomic E-state index is -0.0677.